The summed E-state index contributed by atoms with van der Waals surface area (Å²) >= 11 is 0. The minimum Gasteiger partial charge on any atom is -0.481 e. The Morgan fingerprint density at radius 3 is 2.32 bits per heavy atom. The molecule has 5 heteroatoms. The van der Waals surface area contributed by atoms with Gasteiger partial charge in [-0.25, -0.2) is 0 Å². The minimum atomic E-state index is -0.908. The number of likely N-dealkylation sites (tertiary alicyclic amines) is 1. The molecule has 2 rings (SSSR count). The van der Waals surface area contributed by atoms with E-state index in [9.17, 15) is 9.59 Å². The second kappa shape index (κ2) is 6.19. The van der Waals surface area contributed by atoms with Crippen LogP contribution in [0.25, 0.3) is 0 Å². The standard InChI is InChI=1S/C14H21NO4/c1-15-8-6-10(7-9-15)19-14(18)12-5-3-2-4-11(12)13(16)17/h2-3,10-12H,4-9H2,1H3,(H,16,17)/t11-,12-/m1/s1. The normalized spacial score (nSPS) is 29.1. The number of aliphatic carboxylic acids is 1. The lowest BCUT2D eigenvalue weighted by atomic mass is 9.83. The SMILES string of the molecule is CN1CCC(OC(=O)[C@@H]2CC=CC[C@H]2C(=O)O)CC1. The van der Waals surface area contributed by atoms with E-state index in [4.69, 9.17) is 9.84 Å². The Hall–Kier alpha value is -1.36. The number of carbonyl (C=O) groups is 2. The van der Waals surface area contributed by atoms with Crippen molar-refractivity contribution in [2.45, 2.75) is 31.8 Å². The second-order valence-corrected chi connectivity index (χ2v) is 5.43. The van der Waals surface area contributed by atoms with Crippen molar-refractivity contribution in [1.29, 1.82) is 0 Å². The molecule has 2 aliphatic rings. The summed E-state index contributed by atoms with van der Waals surface area (Å²) in [6.45, 7) is 1.84. The first-order valence-electron chi connectivity index (χ1n) is 6.84. The Bertz CT molecular complexity index is 372. The van der Waals surface area contributed by atoms with E-state index in [0.717, 1.165) is 25.9 Å². The van der Waals surface area contributed by atoms with Gasteiger partial charge >= 0.3 is 11.9 Å². The molecule has 0 saturated carbocycles. The minimum absolute atomic E-state index is 0.0518. The largest absolute Gasteiger partial charge is 0.481 e. The fraction of sp³-hybridized carbons (Fsp3) is 0.714. The molecule has 0 bridgehead atoms. The highest BCUT2D eigenvalue weighted by Crippen LogP contribution is 2.28. The van der Waals surface area contributed by atoms with Crippen molar-refractivity contribution < 1.29 is 19.4 Å². The summed E-state index contributed by atoms with van der Waals surface area (Å²) < 4.78 is 5.50. The molecule has 2 atom stereocenters. The number of carboxylic acid groups (broad SMARTS) is 1. The lowest BCUT2D eigenvalue weighted by Gasteiger charge is -2.31. The molecule has 0 unspecified atom stereocenters. The molecule has 1 fully saturated rings. The molecule has 0 aromatic carbocycles. The van der Waals surface area contributed by atoms with E-state index in [1.807, 2.05) is 19.2 Å². The average molecular weight is 267 g/mol. The highest BCUT2D eigenvalue weighted by Gasteiger charge is 2.36. The Balaban J connectivity index is 1.91. The van der Waals surface area contributed by atoms with Crippen LogP contribution in [0.4, 0.5) is 0 Å². The molecule has 0 aromatic rings. The highest BCUT2D eigenvalue weighted by molar-refractivity contribution is 5.81. The number of rotatable bonds is 3. The summed E-state index contributed by atoms with van der Waals surface area (Å²) in [5.74, 6) is -2.41. The van der Waals surface area contributed by atoms with Crippen LogP contribution in [-0.4, -0.2) is 48.2 Å². The number of allylic oxidation sites excluding steroid dienone is 2. The van der Waals surface area contributed by atoms with Gasteiger partial charge in [-0.05, 0) is 32.7 Å². The number of hydrogen-bond acceptors (Lipinski definition) is 4. The molecule has 0 radical (unpaired) electrons. The molecule has 1 N–H and O–H groups in total. The molecule has 1 heterocycles. The van der Waals surface area contributed by atoms with Crippen LogP contribution in [0.3, 0.4) is 0 Å². The summed E-state index contributed by atoms with van der Waals surface area (Å²) in [4.78, 5) is 25.5. The van der Waals surface area contributed by atoms with Crippen LogP contribution in [0.1, 0.15) is 25.7 Å². The number of esters is 1. The molecule has 106 valence electrons. The first-order valence-corrected chi connectivity index (χ1v) is 6.84. The molecule has 19 heavy (non-hydrogen) atoms. The van der Waals surface area contributed by atoms with Crippen LogP contribution in [-0.2, 0) is 14.3 Å². The molecule has 0 spiro atoms. The number of nitrogens with zero attached hydrogens (tertiary/aromatic N) is 1. The van der Waals surface area contributed by atoms with Gasteiger partial charge in [0.15, 0.2) is 0 Å². The van der Waals surface area contributed by atoms with Crippen LogP contribution in [0, 0.1) is 11.8 Å². The number of piperidine rings is 1. The van der Waals surface area contributed by atoms with Crippen molar-refractivity contribution in [1.82, 2.24) is 4.90 Å². The zero-order chi connectivity index (χ0) is 13.8. The van der Waals surface area contributed by atoms with Gasteiger partial charge < -0.3 is 14.7 Å². The van der Waals surface area contributed by atoms with E-state index in [-0.39, 0.29) is 12.1 Å². The van der Waals surface area contributed by atoms with Gasteiger partial charge in [-0.15, -0.1) is 0 Å². The molecular formula is C14H21NO4. The maximum atomic E-state index is 12.1. The number of carbonyl (C=O) groups excluding carboxylic acids is 1. The maximum Gasteiger partial charge on any atom is 0.310 e. The van der Waals surface area contributed by atoms with Gasteiger partial charge in [0.1, 0.15) is 6.10 Å². The van der Waals surface area contributed by atoms with Crippen molar-refractivity contribution in [3.8, 4) is 0 Å². The van der Waals surface area contributed by atoms with Gasteiger partial charge in [-0.2, -0.15) is 0 Å². The lowest BCUT2D eigenvalue weighted by Crippen LogP contribution is -2.39. The van der Waals surface area contributed by atoms with Crippen molar-refractivity contribution in [3.05, 3.63) is 12.2 Å². The zero-order valence-corrected chi connectivity index (χ0v) is 11.2. The van der Waals surface area contributed by atoms with E-state index >= 15 is 0 Å². The number of hydrogen-bond donors (Lipinski definition) is 1. The van der Waals surface area contributed by atoms with Gasteiger partial charge in [0.25, 0.3) is 0 Å². The van der Waals surface area contributed by atoms with Crippen LogP contribution in [0.5, 0.6) is 0 Å². The third-order valence-electron chi connectivity index (χ3n) is 4.00. The average Bonchev–Trinajstić information content (AvgIpc) is 2.41. The van der Waals surface area contributed by atoms with Gasteiger partial charge in [0, 0.05) is 13.1 Å². The van der Waals surface area contributed by atoms with Gasteiger partial charge in [0.05, 0.1) is 11.8 Å². The van der Waals surface area contributed by atoms with Gasteiger partial charge in [0.2, 0.25) is 0 Å². The van der Waals surface area contributed by atoms with E-state index in [2.05, 4.69) is 4.90 Å². The topological polar surface area (TPSA) is 66.8 Å². The van der Waals surface area contributed by atoms with E-state index in [0.29, 0.717) is 12.8 Å². The maximum absolute atomic E-state index is 12.1. The first-order chi connectivity index (χ1) is 9.08. The predicted octanol–water partition coefficient (Wildman–Crippen LogP) is 1.29. The highest BCUT2D eigenvalue weighted by atomic mass is 16.5. The quantitative estimate of drug-likeness (QED) is 0.616. The van der Waals surface area contributed by atoms with Gasteiger partial charge in [-0.3, -0.25) is 9.59 Å². The summed E-state index contributed by atoms with van der Waals surface area (Å²) in [6.07, 6.45) is 6.22. The Morgan fingerprint density at radius 1 is 1.16 bits per heavy atom. The Morgan fingerprint density at radius 2 is 1.74 bits per heavy atom. The molecule has 5 nitrogen and oxygen atoms in total. The third-order valence-corrected chi connectivity index (χ3v) is 4.00. The first kappa shape index (κ1) is 14.1. The lowest BCUT2D eigenvalue weighted by molar-refractivity contribution is -0.163. The molecule has 1 aliphatic heterocycles. The smallest absolute Gasteiger partial charge is 0.310 e. The van der Waals surface area contributed by atoms with Crippen molar-refractivity contribution in [2.75, 3.05) is 20.1 Å². The summed E-state index contributed by atoms with van der Waals surface area (Å²) in [5, 5.41) is 9.15. The monoisotopic (exact) mass is 267 g/mol. The van der Waals surface area contributed by atoms with Crippen molar-refractivity contribution in [2.24, 2.45) is 11.8 Å². The van der Waals surface area contributed by atoms with Crippen molar-refractivity contribution in [3.63, 3.8) is 0 Å². The van der Waals surface area contributed by atoms with Crippen LogP contribution in [0.15, 0.2) is 12.2 Å². The fourth-order valence-electron chi connectivity index (χ4n) is 2.70. The summed E-state index contributed by atoms with van der Waals surface area (Å²) in [7, 11) is 2.05. The Kier molecular flexibility index (Phi) is 4.58. The number of ether oxygens (including phenoxy) is 1. The molecule has 1 aliphatic carbocycles. The molecular weight excluding hydrogens is 246 g/mol. The molecule has 1 saturated heterocycles. The van der Waals surface area contributed by atoms with Crippen molar-refractivity contribution >= 4 is 11.9 Å². The zero-order valence-electron chi connectivity index (χ0n) is 11.2. The predicted molar refractivity (Wildman–Crippen MR) is 69.6 cm³/mol. The van der Waals surface area contributed by atoms with E-state index in [1.165, 1.54) is 0 Å². The number of carboxylic acids is 1. The third kappa shape index (κ3) is 3.56. The molecule has 0 amide bonds. The van der Waals surface area contributed by atoms with Gasteiger partial charge in [-0.1, -0.05) is 12.2 Å². The molecule has 0 aromatic heterocycles. The fourth-order valence-corrected chi connectivity index (χ4v) is 2.70. The second-order valence-electron chi connectivity index (χ2n) is 5.43. The van der Waals surface area contributed by atoms with Crippen LogP contribution in [0.2, 0.25) is 0 Å². The van der Waals surface area contributed by atoms with E-state index in [1.54, 1.807) is 0 Å². The summed E-state index contributed by atoms with van der Waals surface area (Å²) in [6, 6.07) is 0. The van der Waals surface area contributed by atoms with E-state index < -0.39 is 17.8 Å². The van der Waals surface area contributed by atoms with Crippen LogP contribution < -0.4 is 0 Å². The Labute approximate surface area is 113 Å². The summed E-state index contributed by atoms with van der Waals surface area (Å²) in [5.41, 5.74) is 0. The van der Waals surface area contributed by atoms with Crippen LogP contribution >= 0.6 is 0 Å².